The van der Waals surface area contributed by atoms with E-state index in [0.29, 0.717) is 17.9 Å². The summed E-state index contributed by atoms with van der Waals surface area (Å²) < 4.78 is 0. The summed E-state index contributed by atoms with van der Waals surface area (Å²) in [5, 5.41) is 0. The van der Waals surface area contributed by atoms with Gasteiger partial charge < -0.3 is 5.73 Å². The second-order valence-electron chi connectivity index (χ2n) is 2.39. The Balaban J connectivity index is 2.88. The summed E-state index contributed by atoms with van der Waals surface area (Å²) in [6.07, 6.45) is 3.82. The molecule has 3 nitrogen and oxygen atoms in total. The number of halogens is 1. The van der Waals surface area contributed by atoms with E-state index in [1.54, 1.807) is 12.3 Å². The average molecular weight is 185 g/mol. The molecule has 0 aromatic carbocycles. The molecule has 1 aromatic rings. The fourth-order valence-corrected chi connectivity index (χ4v) is 1.09. The standard InChI is InChI=1S/C8H9ClN2O/c9-2-1-6-3-7(8(10)12)5-11-4-6/h3-5H,1-2H2,(H2,10,12). The van der Waals surface area contributed by atoms with Crippen molar-refractivity contribution < 1.29 is 4.79 Å². The molecule has 1 heterocycles. The van der Waals surface area contributed by atoms with E-state index in [-0.39, 0.29) is 0 Å². The maximum absolute atomic E-state index is 10.7. The molecule has 1 rings (SSSR count). The van der Waals surface area contributed by atoms with Gasteiger partial charge in [0.25, 0.3) is 0 Å². The van der Waals surface area contributed by atoms with Crippen LogP contribution in [0.15, 0.2) is 18.5 Å². The summed E-state index contributed by atoms with van der Waals surface area (Å²) in [4.78, 5) is 14.6. The van der Waals surface area contributed by atoms with Crippen LogP contribution < -0.4 is 5.73 Å². The lowest BCUT2D eigenvalue weighted by atomic mass is 10.1. The minimum Gasteiger partial charge on any atom is -0.366 e. The second kappa shape index (κ2) is 4.07. The Kier molecular flexibility index (Phi) is 3.05. The third-order valence-electron chi connectivity index (χ3n) is 1.46. The highest BCUT2D eigenvalue weighted by Gasteiger charge is 2.00. The van der Waals surface area contributed by atoms with Crippen LogP contribution in [0.1, 0.15) is 15.9 Å². The van der Waals surface area contributed by atoms with E-state index in [4.69, 9.17) is 17.3 Å². The number of hydrogen-bond donors (Lipinski definition) is 1. The third kappa shape index (κ3) is 2.20. The Morgan fingerprint density at radius 3 is 2.92 bits per heavy atom. The van der Waals surface area contributed by atoms with Crippen molar-refractivity contribution in [1.82, 2.24) is 4.98 Å². The monoisotopic (exact) mass is 184 g/mol. The highest BCUT2D eigenvalue weighted by atomic mass is 35.5. The molecular formula is C8H9ClN2O. The van der Waals surface area contributed by atoms with Crippen LogP contribution in [0.5, 0.6) is 0 Å². The Labute approximate surface area is 75.6 Å². The minimum atomic E-state index is -0.459. The van der Waals surface area contributed by atoms with Gasteiger partial charge in [0, 0.05) is 18.3 Å². The zero-order valence-electron chi connectivity index (χ0n) is 6.46. The minimum absolute atomic E-state index is 0.428. The van der Waals surface area contributed by atoms with Gasteiger partial charge in [-0.2, -0.15) is 0 Å². The molecule has 1 amide bonds. The normalized spacial score (nSPS) is 9.75. The lowest BCUT2D eigenvalue weighted by Gasteiger charge is -1.98. The smallest absolute Gasteiger partial charge is 0.250 e. The molecule has 0 aliphatic heterocycles. The molecule has 0 bridgehead atoms. The first-order chi connectivity index (χ1) is 5.74. The van der Waals surface area contributed by atoms with E-state index >= 15 is 0 Å². The van der Waals surface area contributed by atoms with E-state index in [2.05, 4.69) is 4.98 Å². The summed E-state index contributed by atoms with van der Waals surface area (Å²) in [6.45, 7) is 0. The largest absolute Gasteiger partial charge is 0.366 e. The predicted molar refractivity (Wildman–Crippen MR) is 47.2 cm³/mol. The number of aromatic nitrogens is 1. The van der Waals surface area contributed by atoms with Crippen molar-refractivity contribution in [1.29, 1.82) is 0 Å². The quantitative estimate of drug-likeness (QED) is 0.712. The Morgan fingerprint density at radius 2 is 2.33 bits per heavy atom. The topological polar surface area (TPSA) is 56.0 Å². The van der Waals surface area contributed by atoms with E-state index in [1.165, 1.54) is 6.20 Å². The van der Waals surface area contributed by atoms with Gasteiger partial charge in [0.1, 0.15) is 0 Å². The Bertz CT molecular complexity index is 288. The molecule has 0 spiro atoms. The number of primary amides is 1. The van der Waals surface area contributed by atoms with Crippen LogP contribution in [-0.2, 0) is 6.42 Å². The number of pyridine rings is 1. The van der Waals surface area contributed by atoms with E-state index < -0.39 is 5.91 Å². The number of aryl methyl sites for hydroxylation is 1. The summed E-state index contributed by atoms with van der Waals surface area (Å²) in [7, 11) is 0. The lowest BCUT2D eigenvalue weighted by molar-refractivity contribution is 0.1000. The number of amides is 1. The van der Waals surface area contributed by atoms with Gasteiger partial charge in [0.15, 0.2) is 0 Å². The molecule has 0 aliphatic rings. The molecule has 1 aromatic heterocycles. The Morgan fingerprint density at radius 1 is 1.58 bits per heavy atom. The van der Waals surface area contributed by atoms with Crippen LogP contribution in [0.3, 0.4) is 0 Å². The maximum Gasteiger partial charge on any atom is 0.250 e. The maximum atomic E-state index is 10.7. The zero-order valence-corrected chi connectivity index (χ0v) is 7.21. The highest BCUT2D eigenvalue weighted by molar-refractivity contribution is 6.18. The summed E-state index contributed by atoms with van der Waals surface area (Å²) >= 11 is 5.52. The van der Waals surface area contributed by atoms with Gasteiger partial charge in [0.2, 0.25) is 5.91 Å². The van der Waals surface area contributed by atoms with Crippen LogP contribution in [0.25, 0.3) is 0 Å². The molecule has 0 atom stereocenters. The molecule has 2 N–H and O–H groups in total. The van der Waals surface area contributed by atoms with Crippen molar-refractivity contribution in [3.05, 3.63) is 29.6 Å². The van der Waals surface area contributed by atoms with Crippen molar-refractivity contribution in [2.75, 3.05) is 5.88 Å². The molecule has 0 fully saturated rings. The van der Waals surface area contributed by atoms with Gasteiger partial charge in [-0.3, -0.25) is 9.78 Å². The van der Waals surface area contributed by atoms with Gasteiger partial charge in [-0.05, 0) is 18.1 Å². The number of rotatable bonds is 3. The van der Waals surface area contributed by atoms with Crippen LogP contribution in [0, 0.1) is 0 Å². The summed E-state index contributed by atoms with van der Waals surface area (Å²) in [5.41, 5.74) is 6.43. The molecule has 4 heteroatoms. The summed E-state index contributed by atoms with van der Waals surface area (Å²) in [5.74, 6) is 0.0584. The fourth-order valence-electron chi connectivity index (χ4n) is 0.868. The zero-order chi connectivity index (χ0) is 8.97. The molecule has 0 radical (unpaired) electrons. The van der Waals surface area contributed by atoms with Crippen molar-refractivity contribution in [2.45, 2.75) is 6.42 Å². The molecule has 0 saturated heterocycles. The number of nitrogens with two attached hydrogens (primary N) is 1. The number of nitrogens with zero attached hydrogens (tertiary/aromatic N) is 1. The van der Waals surface area contributed by atoms with Crippen molar-refractivity contribution in [3.63, 3.8) is 0 Å². The molecule has 64 valence electrons. The molecule has 12 heavy (non-hydrogen) atoms. The molecule has 0 aliphatic carbocycles. The SMILES string of the molecule is NC(=O)c1cncc(CCCl)c1. The van der Waals surface area contributed by atoms with Crippen molar-refractivity contribution in [3.8, 4) is 0 Å². The van der Waals surface area contributed by atoms with Crippen LogP contribution in [-0.4, -0.2) is 16.8 Å². The van der Waals surface area contributed by atoms with Crippen LogP contribution >= 0.6 is 11.6 Å². The number of carbonyl (C=O) groups is 1. The van der Waals surface area contributed by atoms with Crippen molar-refractivity contribution >= 4 is 17.5 Å². The summed E-state index contributed by atoms with van der Waals surface area (Å²) in [6, 6.07) is 1.71. The first-order valence-electron chi connectivity index (χ1n) is 3.53. The number of carbonyl (C=O) groups excluding carboxylic acids is 1. The van der Waals surface area contributed by atoms with Gasteiger partial charge in [0.05, 0.1) is 5.56 Å². The molecular weight excluding hydrogens is 176 g/mol. The third-order valence-corrected chi connectivity index (χ3v) is 1.65. The second-order valence-corrected chi connectivity index (χ2v) is 2.76. The van der Waals surface area contributed by atoms with E-state index in [1.807, 2.05) is 0 Å². The highest BCUT2D eigenvalue weighted by Crippen LogP contribution is 2.03. The number of hydrogen-bond acceptors (Lipinski definition) is 2. The first-order valence-corrected chi connectivity index (χ1v) is 4.07. The fraction of sp³-hybridized carbons (Fsp3) is 0.250. The van der Waals surface area contributed by atoms with Crippen molar-refractivity contribution in [2.24, 2.45) is 5.73 Å². The molecule has 0 unspecified atom stereocenters. The lowest BCUT2D eigenvalue weighted by Crippen LogP contribution is -2.11. The van der Waals surface area contributed by atoms with Gasteiger partial charge in [-0.25, -0.2) is 0 Å². The van der Waals surface area contributed by atoms with E-state index in [9.17, 15) is 4.79 Å². The van der Waals surface area contributed by atoms with Gasteiger partial charge >= 0.3 is 0 Å². The van der Waals surface area contributed by atoms with Crippen LogP contribution in [0.4, 0.5) is 0 Å². The first kappa shape index (κ1) is 9.00. The van der Waals surface area contributed by atoms with Crippen LogP contribution in [0.2, 0.25) is 0 Å². The molecule has 0 saturated carbocycles. The Hall–Kier alpha value is -1.09. The van der Waals surface area contributed by atoms with Gasteiger partial charge in [-0.1, -0.05) is 0 Å². The van der Waals surface area contributed by atoms with E-state index in [0.717, 1.165) is 5.56 Å². The van der Waals surface area contributed by atoms with Gasteiger partial charge in [-0.15, -0.1) is 11.6 Å². The predicted octanol–water partition coefficient (Wildman–Crippen LogP) is 0.962. The average Bonchev–Trinajstić information content (AvgIpc) is 2.05. The number of alkyl halides is 1.